The van der Waals surface area contributed by atoms with E-state index in [1.54, 1.807) is 13.8 Å². The molecule has 0 aliphatic carbocycles. The molecule has 0 saturated carbocycles. The average Bonchev–Trinajstić information content (AvgIpc) is 2.57. The number of halogens is 1. The molecule has 0 spiro atoms. The van der Waals surface area contributed by atoms with Crippen molar-refractivity contribution in [2.75, 3.05) is 6.61 Å². The molecule has 0 aliphatic heterocycles. The van der Waals surface area contributed by atoms with Crippen molar-refractivity contribution in [3.05, 3.63) is 59.9 Å². The molecule has 1 N–H and O–H groups in total. The van der Waals surface area contributed by atoms with E-state index in [0.29, 0.717) is 12.4 Å². The van der Waals surface area contributed by atoms with Crippen LogP contribution in [0.2, 0.25) is 0 Å². The number of hydrogen-bond donors (Lipinski definition) is 1. The fourth-order valence-electron chi connectivity index (χ4n) is 2.32. The zero-order valence-corrected chi connectivity index (χ0v) is 15.0. The monoisotopic (exact) mass is 345 g/mol. The number of hydrogen-bond acceptors (Lipinski definition) is 3. The van der Waals surface area contributed by atoms with Gasteiger partial charge in [-0.2, -0.15) is 0 Å². The number of nitrogens with one attached hydrogen (secondary N) is 1. The molecule has 0 bridgehead atoms. The van der Waals surface area contributed by atoms with Crippen LogP contribution in [0.15, 0.2) is 48.5 Å². The predicted octanol–water partition coefficient (Wildman–Crippen LogP) is 4.26. The van der Waals surface area contributed by atoms with Crippen molar-refractivity contribution < 1.29 is 18.7 Å². The van der Waals surface area contributed by atoms with Crippen LogP contribution in [0.25, 0.3) is 0 Å². The topological polar surface area (TPSA) is 47.6 Å². The van der Waals surface area contributed by atoms with Crippen molar-refractivity contribution in [3.8, 4) is 11.5 Å². The highest BCUT2D eigenvalue weighted by Gasteiger charge is 2.31. The van der Waals surface area contributed by atoms with Gasteiger partial charge in [-0.3, -0.25) is 4.79 Å². The normalized spacial score (nSPS) is 12.4. The molecule has 2 rings (SSSR count). The Hall–Kier alpha value is -2.56. The second-order valence-corrected chi connectivity index (χ2v) is 6.26. The number of benzene rings is 2. The minimum atomic E-state index is -1.09. The van der Waals surface area contributed by atoms with Crippen LogP contribution in [-0.2, 0) is 4.79 Å². The van der Waals surface area contributed by atoms with E-state index < -0.39 is 5.60 Å². The van der Waals surface area contributed by atoms with Gasteiger partial charge < -0.3 is 14.8 Å². The minimum absolute atomic E-state index is 0.181. The van der Waals surface area contributed by atoms with Crippen LogP contribution in [0, 0.1) is 5.82 Å². The maximum Gasteiger partial charge on any atom is 0.264 e. The van der Waals surface area contributed by atoms with E-state index in [1.807, 2.05) is 38.1 Å². The molecule has 1 unspecified atom stereocenters. The van der Waals surface area contributed by atoms with Crippen molar-refractivity contribution in [2.45, 2.75) is 39.3 Å². The van der Waals surface area contributed by atoms with E-state index in [1.165, 1.54) is 24.3 Å². The summed E-state index contributed by atoms with van der Waals surface area (Å²) in [6.45, 7) is 7.80. The third-order valence-corrected chi connectivity index (χ3v) is 3.77. The molecular weight excluding hydrogens is 321 g/mol. The quantitative estimate of drug-likeness (QED) is 0.816. The van der Waals surface area contributed by atoms with Gasteiger partial charge in [-0.1, -0.05) is 12.1 Å². The SMILES string of the molecule is CCOc1ccc(C(C)NC(=O)C(C)(C)Oc2ccc(F)cc2)cc1. The highest BCUT2D eigenvalue weighted by atomic mass is 19.1. The third-order valence-electron chi connectivity index (χ3n) is 3.77. The molecule has 2 aromatic rings. The molecule has 1 atom stereocenters. The average molecular weight is 345 g/mol. The Morgan fingerprint density at radius 1 is 1.08 bits per heavy atom. The number of amides is 1. The largest absolute Gasteiger partial charge is 0.494 e. The molecule has 25 heavy (non-hydrogen) atoms. The lowest BCUT2D eigenvalue weighted by Gasteiger charge is -2.27. The van der Waals surface area contributed by atoms with Crippen LogP contribution in [0.4, 0.5) is 4.39 Å². The first-order valence-electron chi connectivity index (χ1n) is 8.30. The van der Waals surface area contributed by atoms with Gasteiger partial charge in [-0.05, 0) is 69.7 Å². The lowest BCUT2D eigenvalue weighted by molar-refractivity contribution is -0.134. The number of ether oxygens (including phenoxy) is 2. The van der Waals surface area contributed by atoms with Crippen LogP contribution < -0.4 is 14.8 Å². The Balaban J connectivity index is 1.99. The highest BCUT2D eigenvalue weighted by Crippen LogP contribution is 2.22. The fourth-order valence-corrected chi connectivity index (χ4v) is 2.32. The Labute approximate surface area is 148 Å². The highest BCUT2D eigenvalue weighted by molar-refractivity contribution is 5.85. The van der Waals surface area contributed by atoms with Crippen LogP contribution in [0.5, 0.6) is 11.5 Å². The summed E-state index contributed by atoms with van der Waals surface area (Å²) in [4.78, 5) is 12.6. The van der Waals surface area contributed by atoms with Gasteiger partial charge >= 0.3 is 0 Å². The smallest absolute Gasteiger partial charge is 0.264 e. The molecule has 1 amide bonds. The number of carbonyl (C=O) groups is 1. The summed E-state index contributed by atoms with van der Waals surface area (Å²) in [7, 11) is 0. The second kappa shape index (κ2) is 8.01. The zero-order chi connectivity index (χ0) is 18.4. The van der Waals surface area contributed by atoms with Gasteiger partial charge in [0.05, 0.1) is 12.6 Å². The zero-order valence-electron chi connectivity index (χ0n) is 15.0. The summed E-state index contributed by atoms with van der Waals surface area (Å²) < 4.78 is 24.1. The van der Waals surface area contributed by atoms with Gasteiger partial charge in [-0.15, -0.1) is 0 Å². The van der Waals surface area contributed by atoms with Crippen LogP contribution in [0.3, 0.4) is 0 Å². The first-order chi connectivity index (χ1) is 11.8. The summed E-state index contributed by atoms with van der Waals surface area (Å²) in [5, 5.41) is 2.94. The second-order valence-electron chi connectivity index (χ2n) is 6.26. The van der Waals surface area contributed by atoms with Crippen LogP contribution in [-0.4, -0.2) is 18.1 Å². The maximum absolute atomic E-state index is 13.0. The maximum atomic E-state index is 13.0. The summed E-state index contributed by atoms with van der Waals surface area (Å²) in [6, 6.07) is 13.0. The van der Waals surface area contributed by atoms with E-state index >= 15 is 0 Å². The first kappa shape index (κ1) is 18.8. The molecule has 0 heterocycles. The summed E-state index contributed by atoms with van der Waals surface area (Å²) >= 11 is 0. The lowest BCUT2D eigenvalue weighted by Crippen LogP contribution is -2.47. The number of rotatable bonds is 7. The van der Waals surface area contributed by atoms with E-state index in [2.05, 4.69) is 5.32 Å². The van der Waals surface area contributed by atoms with E-state index in [4.69, 9.17) is 9.47 Å². The summed E-state index contributed by atoms with van der Waals surface area (Å²) in [5.41, 5.74) is -0.119. The van der Waals surface area contributed by atoms with Crippen LogP contribution >= 0.6 is 0 Å². The lowest BCUT2D eigenvalue weighted by atomic mass is 10.0. The molecule has 2 aromatic carbocycles. The Kier molecular flexibility index (Phi) is 6.02. The van der Waals surface area contributed by atoms with E-state index in [9.17, 15) is 9.18 Å². The molecule has 0 aliphatic rings. The van der Waals surface area contributed by atoms with Gasteiger partial charge in [0, 0.05) is 0 Å². The van der Waals surface area contributed by atoms with Gasteiger partial charge in [-0.25, -0.2) is 4.39 Å². The summed E-state index contributed by atoms with van der Waals surface area (Å²) in [6.07, 6.45) is 0. The van der Waals surface area contributed by atoms with Crippen molar-refractivity contribution in [2.24, 2.45) is 0 Å². The van der Waals surface area contributed by atoms with Crippen LogP contribution in [0.1, 0.15) is 39.3 Å². The molecule has 0 radical (unpaired) electrons. The minimum Gasteiger partial charge on any atom is -0.494 e. The van der Waals surface area contributed by atoms with Gasteiger partial charge in [0.2, 0.25) is 0 Å². The van der Waals surface area contributed by atoms with E-state index in [-0.39, 0.29) is 17.8 Å². The van der Waals surface area contributed by atoms with Crippen molar-refractivity contribution in [1.82, 2.24) is 5.32 Å². The van der Waals surface area contributed by atoms with Crippen molar-refractivity contribution >= 4 is 5.91 Å². The first-order valence-corrected chi connectivity index (χ1v) is 8.30. The van der Waals surface area contributed by atoms with Crippen molar-refractivity contribution in [3.63, 3.8) is 0 Å². The van der Waals surface area contributed by atoms with Gasteiger partial charge in [0.1, 0.15) is 17.3 Å². The van der Waals surface area contributed by atoms with Crippen molar-refractivity contribution in [1.29, 1.82) is 0 Å². The third kappa shape index (κ3) is 5.21. The molecule has 134 valence electrons. The molecule has 5 heteroatoms. The van der Waals surface area contributed by atoms with E-state index in [0.717, 1.165) is 11.3 Å². The number of carbonyl (C=O) groups excluding carboxylic acids is 1. The van der Waals surface area contributed by atoms with Gasteiger partial charge in [0.15, 0.2) is 5.60 Å². The fraction of sp³-hybridized carbons (Fsp3) is 0.350. The predicted molar refractivity (Wildman–Crippen MR) is 95.3 cm³/mol. The molecule has 0 saturated heterocycles. The Morgan fingerprint density at radius 3 is 2.20 bits per heavy atom. The molecule has 4 nitrogen and oxygen atoms in total. The Morgan fingerprint density at radius 2 is 1.64 bits per heavy atom. The summed E-state index contributed by atoms with van der Waals surface area (Å²) in [5.74, 6) is 0.636. The molecule has 0 fully saturated rings. The van der Waals surface area contributed by atoms with Gasteiger partial charge in [0.25, 0.3) is 5.91 Å². The Bertz CT molecular complexity index is 696. The standard InChI is InChI=1S/C20H24FNO3/c1-5-24-17-10-6-15(7-11-17)14(2)22-19(23)20(3,4)25-18-12-8-16(21)9-13-18/h6-14H,5H2,1-4H3,(H,22,23). The molecule has 0 aromatic heterocycles. The molecular formula is C20H24FNO3.